The maximum atomic E-state index is 12.5. The van der Waals surface area contributed by atoms with E-state index in [-0.39, 0.29) is 5.78 Å². The van der Waals surface area contributed by atoms with Crippen molar-refractivity contribution in [3.8, 4) is 0 Å². The zero-order chi connectivity index (χ0) is 13.9. The van der Waals surface area contributed by atoms with Crippen LogP contribution in [0, 0.1) is 0 Å². The Hall–Kier alpha value is -2.52. The highest BCUT2D eigenvalue weighted by Crippen LogP contribution is 2.23. The van der Waals surface area contributed by atoms with Gasteiger partial charge in [-0.3, -0.25) is 9.78 Å². The van der Waals surface area contributed by atoms with E-state index in [1.54, 1.807) is 48.7 Å². The summed E-state index contributed by atoms with van der Waals surface area (Å²) in [6.45, 7) is 0. The molecule has 3 heteroatoms. The van der Waals surface area contributed by atoms with Crippen LogP contribution in [0.3, 0.4) is 0 Å². The molecule has 98 valence electrons. The summed E-state index contributed by atoms with van der Waals surface area (Å²) in [5.74, 6) is -0.310. The van der Waals surface area contributed by atoms with Crippen molar-refractivity contribution < 1.29 is 9.90 Å². The first-order chi connectivity index (χ1) is 9.77. The number of fused-ring (bicyclic) bond motifs is 1. The Labute approximate surface area is 116 Å². The van der Waals surface area contributed by atoms with Gasteiger partial charge in [0.1, 0.15) is 6.10 Å². The van der Waals surface area contributed by atoms with Gasteiger partial charge in [0.2, 0.25) is 0 Å². The van der Waals surface area contributed by atoms with Gasteiger partial charge in [0.05, 0.1) is 5.52 Å². The van der Waals surface area contributed by atoms with E-state index in [1.165, 1.54) is 0 Å². The lowest BCUT2D eigenvalue weighted by molar-refractivity contribution is 0.0749. The summed E-state index contributed by atoms with van der Waals surface area (Å²) in [7, 11) is 0. The predicted molar refractivity (Wildman–Crippen MR) is 77.5 cm³/mol. The van der Waals surface area contributed by atoms with E-state index in [0.717, 1.165) is 10.9 Å². The number of aliphatic hydroxyl groups excluding tert-OH is 1. The molecule has 0 aliphatic rings. The molecule has 20 heavy (non-hydrogen) atoms. The quantitative estimate of drug-likeness (QED) is 0.738. The second-order valence-corrected chi connectivity index (χ2v) is 4.55. The number of carbonyl (C=O) groups excluding carboxylic acids is 1. The van der Waals surface area contributed by atoms with E-state index in [1.807, 2.05) is 18.2 Å². The standard InChI is InChI=1S/C17H13NO2/c19-16(12-6-2-1-3-7-12)17(20)14-8-4-10-15-13(14)9-5-11-18-15/h1-11,16,19H. The number of ketones is 1. The van der Waals surface area contributed by atoms with E-state index in [2.05, 4.69) is 4.98 Å². The van der Waals surface area contributed by atoms with Crippen molar-refractivity contribution in [2.45, 2.75) is 6.10 Å². The topological polar surface area (TPSA) is 50.2 Å². The number of hydrogen-bond acceptors (Lipinski definition) is 3. The van der Waals surface area contributed by atoms with Crippen molar-refractivity contribution in [1.82, 2.24) is 4.98 Å². The Morgan fingerprint density at radius 1 is 0.950 bits per heavy atom. The first kappa shape index (κ1) is 12.5. The van der Waals surface area contributed by atoms with Crippen molar-refractivity contribution in [2.75, 3.05) is 0 Å². The summed E-state index contributed by atoms with van der Waals surface area (Å²) in [4.78, 5) is 16.7. The SMILES string of the molecule is O=C(c1cccc2ncccc12)C(O)c1ccccc1. The van der Waals surface area contributed by atoms with Gasteiger partial charge in [0, 0.05) is 17.1 Å². The lowest BCUT2D eigenvalue weighted by atomic mass is 9.97. The monoisotopic (exact) mass is 263 g/mol. The van der Waals surface area contributed by atoms with Crippen LogP contribution < -0.4 is 0 Å². The van der Waals surface area contributed by atoms with Gasteiger partial charge in [-0.2, -0.15) is 0 Å². The Bertz CT molecular complexity index is 748. The van der Waals surface area contributed by atoms with Crippen molar-refractivity contribution >= 4 is 16.7 Å². The van der Waals surface area contributed by atoms with Crippen molar-refractivity contribution in [1.29, 1.82) is 0 Å². The van der Waals surface area contributed by atoms with Crippen LogP contribution in [0.25, 0.3) is 10.9 Å². The van der Waals surface area contributed by atoms with Gasteiger partial charge < -0.3 is 5.11 Å². The summed E-state index contributed by atoms with van der Waals surface area (Å²) < 4.78 is 0. The number of aliphatic hydroxyl groups is 1. The molecule has 2 aromatic carbocycles. The molecule has 0 fully saturated rings. The molecule has 1 aromatic heterocycles. The lowest BCUT2D eigenvalue weighted by Gasteiger charge is -2.11. The Kier molecular flexibility index (Phi) is 3.27. The predicted octanol–water partition coefficient (Wildman–Crippen LogP) is 3.15. The fourth-order valence-electron chi connectivity index (χ4n) is 2.25. The Morgan fingerprint density at radius 3 is 2.55 bits per heavy atom. The van der Waals surface area contributed by atoms with Crippen LogP contribution in [0.1, 0.15) is 22.0 Å². The van der Waals surface area contributed by atoms with Gasteiger partial charge in [0.25, 0.3) is 0 Å². The van der Waals surface area contributed by atoms with E-state index in [4.69, 9.17) is 0 Å². The summed E-state index contributed by atoms with van der Waals surface area (Å²) in [5, 5.41) is 11.0. The molecule has 0 aliphatic carbocycles. The fourth-order valence-corrected chi connectivity index (χ4v) is 2.25. The molecular weight excluding hydrogens is 250 g/mol. The van der Waals surface area contributed by atoms with Crippen LogP contribution in [-0.2, 0) is 0 Å². The average Bonchev–Trinajstić information content (AvgIpc) is 2.54. The molecule has 0 aliphatic heterocycles. The lowest BCUT2D eigenvalue weighted by Crippen LogP contribution is -2.12. The molecule has 3 rings (SSSR count). The van der Waals surface area contributed by atoms with E-state index in [0.29, 0.717) is 11.1 Å². The van der Waals surface area contributed by atoms with Gasteiger partial charge in [-0.05, 0) is 17.7 Å². The molecule has 1 unspecified atom stereocenters. The Morgan fingerprint density at radius 2 is 1.75 bits per heavy atom. The molecule has 0 saturated heterocycles. The summed E-state index contributed by atoms with van der Waals surface area (Å²) in [5.41, 5.74) is 1.84. The smallest absolute Gasteiger partial charge is 0.196 e. The van der Waals surface area contributed by atoms with Crippen LogP contribution in [0.15, 0.2) is 66.9 Å². The number of Topliss-reactive ketones (excluding diaryl/α,β-unsaturated/α-hetero) is 1. The van der Waals surface area contributed by atoms with Crippen LogP contribution in [0.4, 0.5) is 0 Å². The minimum Gasteiger partial charge on any atom is -0.380 e. The van der Waals surface area contributed by atoms with Gasteiger partial charge >= 0.3 is 0 Å². The Balaban J connectivity index is 2.05. The molecular formula is C17H13NO2. The summed E-state index contributed by atoms with van der Waals surface area (Å²) in [6, 6.07) is 17.9. The molecule has 1 heterocycles. The number of pyridine rings is 1. The average molecular weight is 263 g/mol. The van der Waals surface area contributed by atoms with Gasteiger partial charge in [-0.15, -0.1) is 0 Å². The molecule has 0 amide bonds. The van der Waals surface area contributed by atoms with Crippen LogP contribution >= 0.6 is 0 Å². The molecule has 0 spiro atoms. The first-order valence-corrected chi connectivity index (χ1v) is 6.38. The molecule has 3 nitrogen and oxygen atoms in total. The number of rotatable bonds is 3. The third-order valence-electron chi connectivity index (χ3n) is 3.27. The van der Waals surface area contributed by atoms with E-state index in [9.17, 15) is 9.90 Å². The van der Waals surface area contributed by atoms with Crippen LogP contribution in [0.2, 0.25) is 0 Å². The highest BCUT2D eigenvalue weighted by molar-refractivity contribution is 6.09. The number of aromatic nitrogens is 1. The second-order valence-electron chi connectivity index (χ2n) is 4.55. The van der Waals surface area contributed by atoms with Crippen LogP contribution in [0.5, 0.6) is 0 Å². The highest BCUT2D eigenvalue weighted by atomic mass is 16.3. The molecule has 0 saturated carbocycles. The molecule has 0 bridgehead atoms. The zero-order valence-electron chi connectivity index (χ0n) is 10.7. The van der Waals surface area contributed by atoms with Gasteiger partial charge in [0.15, 0.2) is 5.78 Å². The number of hydrogen-bond donors (Lipinski definition) is 1. The van der Waals surface area contributed by atoms with Crippen molar-refractivity contribution in [2.24, 2.45) is 0 Å². The maximum absolute atomic E-state index is 12.5. The number of carbonyl (C=O) groups is 1. The molecule has 0 radical (unpaired) electrons. The minimum atomic E-state index is -1.15. The third kappa shape index (κ3) is 2.19. The normalized spacial score (nSPS) is 12.2. The van der Waals surface area contributed by atoms with Crippen molar-refractivity contribution in [3.05, 3.63) is 78.0 Å². The minimum absolute atomic E-state index is 0.310. The van der Waals surface area contributed by atoms with E-state index >= 15 is 0 Å². The largest absolute Gasteiger partial charge is 0.380 e. The highest BCUT2D eigenvalue weighted by Gasteiger charge is 2.20. The van der Waals surface area contributed by atoms with Gasteiger partial charge in [-0.25, -0.2) is 0 Å². The fraction of sp³-hybridized carbons (Fsp3) is 0.0588. The summed E-state index contributed by atoms with van der Waals surface area (Å²) in [6.07, 6.45) is 0.534. The number of nitrogens with zero attached hydrogens (tertiary/aromatic N) is 1. The first-order valence-electron chi connectivity index (χ1n) is 6.38. The summed E-state index contributed by atoms with van der Waals surface area (Å²) >= 11 is 0. The van der Waals surface area contributed by atoms with Crippen molar-refractivity contribution in [3.63, 3.8) is 0 Å². The molecule has 1 atom stereocenters. The molecule has 3 aromatic rings. The second kappa shape index (κ2) is 5.23. The van der Waals surface area contributed by atoms with E-state index < -0.39 is 6.10 Å². The van der Waals surface area contributed by atoms with Gasteiger partial charge in [-0.1, -0.05) is 48.5 Å². The maximum Gasteiger partial charge on any atom is 0.196 e. The molecule has 1 N–H and O–H groups in total. The zero-order valence-corrected chi connectivity index (χ0v) is 10.7. The van der Waals surface area contributed by atoms with Crippen LogP contribution in [-0.4, -0.2) is 15.9 Å². The third-order valence-corrected chi connectivity index (χ3v) is 3.27. The number of benzene rings is 2.